The highest BCUT2D eigenvalue weighted by Gasteiger charge is 2.35. The van der Waals surface area contributed by atoms with E-state index in [0.29, 0.717) is 13.0 Å². The van der Waals surface area contributed by atoms with Crippen LogP contribution in [-0.2, 0) is 16.0 Å². The van der Waals surface area contributed by atoms with Crippen molar-refractivity contribution in [2.75, 3.05) is 6.61 Å². The number of carbonyl (C=O) groups excluding carboxylic acids is 1. The second-order valence-electron chi connectivity index (χ2n) is 7.20. The number of hydrogen-bond acceptors (Lipinski definition) is 2. The summed E-state index contributed by atoms with van der Waals surface area (Å²) in [5, 5.41) is 4.05. The predicted octanol–water partition coefficient (Wildman–Crippen LogP) is 4.91. The number of nitrogens with one attached hydrogen (secondary N) is 1. The monoisotopic (exact) mass is 363 g/mol. The van der Waals surface area contributed by atoms with Crippen LogP contribution >= 0.6 is 11.6 Å². The van der Waals surface area contributed by atoms with Crippen molar-refractivity contribution in [1.29, 1.82) is 0 Å². The summed E-state index contributed by atoms with van der Waals surface area (Å²) in [6, 6.07) is 3.85. The summed E-state index contributed by atoms with van der Waals surface area (Å²) in [6.45, 7) is 10.5. The molecule has 2 rings (SSSR count). The average molecular weight is 364 g/mol. The second-order valence-corrected chi connectivity index (χ2v) is 7.63. The van der Waals surface area contributed by atoms with E-state index in [2.05, 4.69) is 18.8 Å². The van der Waals surface area contributed by atoms with Gasteiger partial charge in [-0.25, -0.2) is 0 Å². The molecule has 0 spiro atoms. The first-order valence-corrected chi connectivity index (χ1v) is 9.56. The molecule has 1 saturated carbocycles. The van der Waals surface area contributed by atoms with E-state index in [1.54, 1.807) is 6.08 Å². The molecule has 0 heterocycles. The number of benzene rings is 1. The zero-order valence-electron chi connectivity index (χ0n) is 15.7. The van der Waals surface area contributed by atoms with Gasteiger partial charge in [0.15, 0.2) is 0 Å². The minimum Gasteiger partial charge on any atom is -0.374 e. The maximum Gasteiger partial charge on any atom is 0.224 e. The van der Waals surface area contributed by atoms with E-state index in [4.69, 9.17) is 16.3 Å². The molecule has 0 aliphatic heterocycles. The summed E-state index contributed by atoms with van der Waals surface area (Å²) >= 11 is 6.09. The van der Waals surface area contributed by atoms with Gasteiger partial charge in [0.2, 0.25) is 5.91 Å². The summed E-state index contributed by atoms with van der Waals surface area (Å²) in [4.78, 5) is 12.7. The fourth-order valence-electron chi connectivity index (χ4n) is 3.80. The molecule has 1 aliphatic rings. The van der Waals surface area contributed by atoms with Gasteiger partial charge in [-0.1, -0.05) is 24.6 Å². The Kier molecular flexibility index (Phi) is 7.09. The van der Waals surface area contributed by atoms with Gasteiger partial charge in [-0.05, 0) is 74.8 Å². The Bertz CT molecular complexity index is 595. The lowest BCUT2D eigenvalue weighted by Gasteiger charge is -2.40. The van der Waals surface area contributed by atoms with Crippen molar-refractivity contribution in [2.45, 2.75) is 70.9 Å². The molecule has 1 aliphatic carbocycles. The van der Waals surface area contributed by atoms with Crippen molar-refractivity contribution in [3.05, 3.63) is 46.5 Å². The largest absolute Gasteiger partial charge is 0.374 e. The number of amides is 1. The Labute approximate surface area is 156 Å². The fourth-order valence-corrected chi connectivity index (χ4v) is 4.13. The van der Waals surface area contributed by atoms with E-state index >= 15 is 0 Å². The zero-order chi connectivity index (χ0) is 18.4. The molecule has 0 saturated heterocycles. The average Bonchev–Trinajstić information content (AvgIpc) is 2.57. The zero-order valence-corrected chi connectivity index (χ0v) is 16.4. The van der Waals surface area contributed by atoms with Crippen LogP contribution in [0.1, 0.15) is 55.7 Å². The molecule has 25 heavy (non-hydrogen) atoms. The van der Waals surface area contributed by atoms with Crippen molar-refractivity contribution in [3.63, 3.8) is 0 Å². The highest BCUT2D eigenvalue weighted by Crippen LogP contribution is 2.33. The molecule has 0 radical (unpaired) electrons. The van der Waals surface area contributed by atoms with E-state index < -0.39 is 0 Å². The highest BCUT2D eigenvalue weighted by atomic mass is 35.5. The lowest BCUT2D eigenvalue weighted by atomic mass is 9.78. The van der Waals surface area contributed by atoms with Crippen molar-refractivity contribution in [3.8, 4) is 0 Å². The van der Waals surface area contributed by atoms with Crippen LogP contribution in [0.3, 0.4) is 0 Å². The SMILES string of the molecule is C=CCOC1CCC(CC)(NC(=O)Cc2c(C)cc(Cl)cc2C)CC1. The molecule has 138 valence electrons. The van der Waals surface area contributed by atoms with Gasteiger partial charge in [-0.15, -0.1) is 6.58 Å². The van der Waals surface area contributed by atoms with Crippen molar-refractivity contribution < 1.29 is 9.53 Å². The molecule has 1 amide bonds. The fraction of sp³-hybridized carbons (Fsp3) is 0.571. The van der Waals surface area contributed by atoms with Gasteiger partial charge in [0.25, 0.3) is 0 Å². The van der Waals surface area contributed by atoms with Crippen molar-refractivity contribution >= 4 is 17.5 Å². The molecule has 3 nitrogen and oxygen atoms in total. The van der Waals surface area contributed by atoms with E-state index in [0.717, 1.165) is 53.8 Å². The number of halogens is 1. The number of carbonyl (C=O) groups is 1. The second kappa shape index (κ2) is 8.86. The van der Waals surface area contributed by atoms with Gasteiger partial charge >= 0.3 is 0 Å². The molecule has 1 aromatic rings. The van der Waals surface area contributed by atoms with Gasteiger partial charge in [-0.3, -0.25) is 4.79 Å². The Morgan fingerprint density at radius 3 is 2.48 bits per heavy atom. The Hall–Kier alpha value is -1.32. The van der Waals surface area contributed by atoms with Crippen LogP contribution < -0.4 is 5.32 Å². The number of ether oxygens (including phenoxy) is 1. The van der Waals surface area contributed by atoms with Gasteiger partial charge in [0.05, 0.1) is 19.1 Å². The first kappa shape index (κ1) is 20.0. The lowest BCUT2D eigenvalue weighted by molar-refractivity contribution is -0.123. The Morgan fingerprint density at radius 1 is 1.36 bits per heavy atom. The van der Waals surface area contributed by atoms with Crippen LogP contribution in [0, 0.1) is 13.8 Å². The third kappa shape index (κ3) is 5.32. The molecule has 0 bridgehead atoms. The van der Waals surface area contributed by atoms with Crippen molar-refractivity contribution in [2.24, 2.45) is 0 Å². The van der Waals surface area contributed by atoms with Crippen LogP contribution in [0.5, 0.6) is 0 Å². The van der Waals surface area contributed by atoms with Crippen LogP contribution in [0.4, 0.5) is 0 Å². The van der Waals surface area contributed by atoms with Gasteiger partial charge in [-0.2, -0.15) is 0 Å². The van der Waals surface area contributed by atoms with Crippen LogP contribution in [0.25, 0.3) is 0 Å². The Balaban J connectivity index is 1.98. The molecule has 0 aromatic heterocycles. The molecule has 1 N–H and O–H groups in total. The topological polar surface area (TPSA) is 38.3 Å². The van der Waals surface area contributed by atoms with Gasteiger partial charge in [0, 0.05) is 10.6 Å². The standard InChI is InChI=1S/C21H30ClNO2/c1-5-11-25-18-7-9-21(6-2,10-8-18)23-20(24)14-19-15(3)12-17(22)13-16(19)4/h5,12-13,18H,1,6-11,14H2,2-4H3,(H,23,24). The maximum absolute atomic E-state index is 12.7. The minimum atomic E-state index is -0.0979. The van der Waals surface area contributed by atoms with E-state index in [1.807, 2.05) is 26.0 Å². The van der Waals surface area contributed by atoms with Gasteiger partial charge < -0.3 is 10.1 Å². The number of aryl methyl sites for hydroxylation is 2. The van der Waals surface area contributed by atoms with Crippen molar-refractivity contribution in [1.82, 2.24) is 5.32 Å². The van der Waals surface area contributed by atoms with E-state index in [9.17, 15) is 4.79 Å². The van der Waals surface area contributed by atoms with E-state index in [-0.39, 0.29) is 17.6 Å². The first-order chi connectivity index (χ1) is 11.9. The molecule has 1 aromatic carbocycles. The Morgan fingerprint density at radius 2 is 1.96 bits per heavy atom. The van der Waals surface area contributed by atoms with Gasteiger partial charge in [0.1, 0.15) is 0 Å². The normalized spacial score (nSPS) is 23.3. The summed E-state index contributed by atoms with van der Waals surface area (Å²) in [5.41, 5.74) is 3.13. The third-order valence-corrected chi connectivity index (χ3v) is 5.64. The quantitative estimate of drug-likeness (QED) is 0.699. The summed E-state index contributed by atoms with van der Waals surface area (Å²) in [6.07, 6.45) is 7.35. The number of hydrogen-bond donors (Lipinski definition) is 1. The number of rotatable bonds is 7. The highest BCUT2D eigenvalue weighted by molar-refractivity contribution is 6.30. The maximum atomic E-state index is 12.7. The smallest absolute Gasteiger partial charge is 0.224 e. The predicted molar refractivity (Wildman–Crippen MR) is 104 cm³/mol. The summed E-state index contributed by atoms with van der Waals surface area (Å²) in [7, 11) is 0. The molecular formula is C21H30ClNO2. The molecule has 1 fully saturated rings. The summed E-state index contributed by atoms with van der Waals surface area (Å²) in [5.74, 6) is 0.0980. The molecule has 4 heteroatoms. The van der Waals surface area contributed by atoms with Crippen LogP contribution in [0.15, 0.2) is 24.8 Å². The summed E-state index contributed by atoms with van der Waals surface area (Å²) < 4.78 is 5.77. The third-order valence-electron chi connectivity index (χ3n) is 5.42. The lowest BCUT2D eigenvalue weighted by Crippen LogP contribution is -2.51. The first-order valence-electron chi connectivity index (χ1n) is 9.18. The minimum absolute atomic E-state index is 0.0979. The van der Waals surface area contributed by atoms with Crippen LogP contribution in [-0.4, -0.2) is 24.2 Å². The molecule has 0 atom stereocenters. The molecular weight excluding hydrogens is 334 g/mol. The van der Waals surface area contributed by atoms with Crippen LogP contribution in [0.2, 0.25) is 5.02 Å². The molecule has 0 unspecified atom stereocenters. The van der Waals surface area contributed by atoms with E-state index in [1.165, 1.54) is 0 Å².